The van der Waals surface area contributed by atoms with Gasteiger partial charge in [0.05, 0.1) is 6.54 Å². The van der Waals surface area contributed by atoms with E-state index in [0.29, 0.717) is 12.5 Å². The number of urea groups is 1. The van der Waals surface area contributed by atoms with E-state index in [0.717, 1.165) is 25.9 Å². The molecule has 18 heavy (non-hydrogen) atoms. The summed E-state index contributed by atoms with van der Waals surface area (Å²) in [6.45, 7) is 6.58. The summed E-state index contributed by atoms with van der Waals surface area (Å²) in [4.78, 5) is 15.9. The van der Waals surface area contributed by atoms with Crippen LogP contribution in [0.3, 0.4) is 0 Å². The Hall–Kier alpha value is -1.46. The molecular formula is C12H24N4O2. The highest BCUT2D eigenvalue weighted by Gasteiger charge is 2.25. The summed E-state index contributed by atoms with van der Waals surface area (Å²) in [6, 6.07) is -0.00463. The fourth-order valence-corrected chi connectivity index (χ4v) is 2.30. The van der Waals surface area contributed by atoms with Crippen LogP contribution in [0.25, 0.3) is 0 Å². The molecule has 0 aromatic heterocycles. The first-order valence-corrected chi connectivity index (χ1v) is 6.58. The lowest BCUT2D eigenvalue weighted by atomic mass is 10.0. The fraction of sp³-hybridized carbons (Fsp3) is 0.833. The van der Waals surface area contributed by atoms with Gasteiger partial charge < -0.3 is 20.7 Å². The molecule has 1 saturated heterocycles. The maximum atomic E-state index is 12.3. The van der Waals surface area contributed by atoms with E-state index in [1.807, 2.05) is 11.8 Å². The molecule has 1 aliphatic heterocycles. The third kappa shape index (κ3) is 4.09. The third-order valence-electron chi connectivity index (χ3n) is 3.17. The average molecular weight is 256 g/mol. The third-order valence-corrected chi connectivity index (χ3v) is 3.17. The Labute approximate surface area is 108 Å². The van der Waals surface area contributed by atoms with Gasteiger partial charge >= 0.3 is 6.03 Å². The second-order valence-corrected chi connectivity index (χ2v) is 4.99. The first-order valence-electron chi connectivity index (χ1n) is 6.58. The maximum absolute atomic E-state index is 12.3. The van der Waals surface area contributed by atoms with Gasteiger partial charge in [0, 0.05) is 19.6 Å². The van der Waals surface area contributed by atoms with Gasteiger partial charge in [-0.2, -0.15) is 0 Å². The fourth-order valence-electron chi connectivity index (χ4n) is 2.30. The normalized spacial score (nSPS) is 20.9. The van der Waals surface area contributed by atoms with Crippen LogP contribution in [0.2, 0.25) is 0 Å². The van der Waals surface area contributed by atoms with Gasteiger partial charge in [-0.05, 0) is 25.2 Å². The van der Waals surface area contributed by atoms with Gasteiger partial charge in [-0.15, -0.1) is 0 Å². The summed E-state index contributed by atoms with van der Waals surface area (Å²) in [5.74, 6) is 0.622. The molecule has 0 aromatic carbocycles. The zero-order valence-electron chi connectivity index (χ0n) is 11.3. The topological polar surface area (TPSA) is 82.2 Å². The quantitative estimate of drug-likeness (QED) is 0.344. The Morgan fingerprint density at radius 2 is 2.33 bits per heavy atom. The SMILES string of the molecule is CCCN(CC(N)=NO)C(=O)N1CCCC(C)C1. The maximum Gasteiger partial charge on any atom is 0.320 e. The molecule has 0 bridgehead atoms. The van der Waals surface area contributed by atoms with Crippen molar-refractivity contribution in [2.75, 3.05) is 26.2 Å². The van der Waals surface area contributed by atoms with Crippen LogP contribution in [-0.4, -0.2) is 53.1 Å². The Kier molecular flexibility index (Phi) is 5.74. The van der Waals surface area contributed by atoms with Crippen LogP contribution in [0.4, 0.5) is 4.79 Å². The van der Waals surface area contributed by atoms with Crippen molar-refractivity contribution in [1.82, 2.24) is 9.80 Å². The van der Waals surface area contributed by atoms with E-state index in [4.69, 9.17) is 10.9 Å². The van der Waals surface area contributed by atoms with Crippen molar-refractivity contribution in [2.24, 2.45) is 16.8 Å². The Morgan fingerprint density at radius 1 is 1.61 bits per heavy atom. The molecule has 1 heterocycles. The average Bonchev–Trinajstić information content (AvgIpc) is 2.37. The van der Waals surface area contributed by atoms with E-state index in [1.54, 1.807) is 4.90 Å². The summed E-state index contributed by atoms with van der Waals surface area (Å²) in [6.07, 6.45) is 3.09. The highest BCUT2D eigenvalue weighted by Crippen LogP contribution is 2.17. The predicted molar refractivity (Wildman–Crippen MR) is 70.6 cm³/mol. The molecule has 0 radical (unpaired) electrons. The van der Waals surface area contributed by atoms with Gasteiger partial charge in [-0.1, -0.05) is 19.0 Å². The smallest absolute Gasteiger partial charge is 0.320 e. The van der Waals surface area contributed by atoms with Crippen LogP contribution in [0, 0.1) is 5.92 Å². The van der Waals surface area contributed by atoms with Crippen molar-refractivity contribution >= 4 is 11.9 Å². The highest BCUT2D eigenvalue weighted by atomic mass is 16.4. The van der Waals surface area contributed by atoms with Crippen LogP contribution in [-0.2, 0) is 0 Å². The van der Waals surface area contributed by atoms with Gasteiger partial charge in [-0.3, -0.25) is 0 Å². The largest absolute Gasteiger partial charge is 0.409 e. The number of rotatable bonds is 4. The van der Waals surface area contributed by atoms with Gasteiger partial charge in [0.25, 0.3) is 0 Å². The number of amides is 2. The molecule has 0 saturated carbocycles. The molecule has 0 spiro atoms. The highest BCUT2D eigenvalue weighted by molar-refractivity contribution is 5.86. The molecule has 6 nitrogen and oxygen atoms in total. The first kappa shape index (κ1) is 14.6. The number of piperidine rings is 1. The second-order valence-electron chi connectivity index (χ2n) is 4.99. The molecule has 1 atom stereocenters. The zero-order valence-corrected chi connectivity index (χ0v) is 11.3. The minimum atomic E-state index is -0.00463. The lowest BCUT2D eigenvalue weighted by molar-refractivity contribution is 0.136. The molecule has 3 N–H and O–H groups in total. The molecule has 1 rings (SSSR count). The molecule has 1 fully saturated rings. The number of oxime groups is 1. The Bertz CT molecular complexity index is 306. The van der Waals surface area contributed by atoms with Crippen molar-refractivity contribution in [1.29, 1.82) is 0 Å². The van der Waals surface area contributed by atoms with E-state index < -0.39 is 0 Å². The minimum Gasteiger partial charge on any atom is -0.409 e. The standard InChI is InChI=1S/C12H24N4O2/c1-3-6-15(9-11(13)14-18)12(17)16-7-4-5-10(2)8-16/h10,18H,3-9H2,1-2H3,(H2,13,14). The molecule has 6 heteroatoms. The van der Waals surface area contributed by atoms with Crippen LogP contribution in [0.15, 0.2) is 5.16 Å². The van der Waals surface area contributed by atoms with Gasteiger partial charge in [0.2, 0.25) is 0 Å². The van der Waals surface area contributed by atoms with E-state index in [2.05, 4.69) is 12.1 Å². The summed E-state index contributed by atoms with van der Waals surface area (Å²) in [7, 11) is 0. The van der Waals surface area contributed by atoms with E-state index >= 15 is 0 Å². The number of amidine groups is 1. The van der Waals surface area contributed by atoms with Crippen molar-refractivity contribution in [3.8, 4) is 0 Å². The molecule has 1 unspecified atom stereocenters. The van der Waals surface area contributed by atoms with E-state index in [1.165, 1.54) is 6.42 Å². The lowest BCUT2D eigenvalue weighted by Gasteiger charge is -2.35. The molecule has 0 aromatic rings. The van der Waals surface area contributed by atoms with Crippen molar-refractivity contribution in [2.45, 2.75) is 33.1 Å². The molecule has 2 amide bonds. The molecular weight excluding hydrogens is 232 g/mol. The van der Waals surface area contributed by atoms with Crippen LogP contribution >= 0.6 is 0 Å². The summed E-state index contributed by atoms with van der Waals surface area (Å²) in [5, 5.41) is 11.5. The number of carbonyl (C=O) groups is 1. The van der Waals surface area contributed by atoms with Crippen LogP contribution in [0.5, 0.6) is 0 Å². The summed E-state index contributed by atoms with van der Waals surface area (Å²) < 4.78 is 0. The van der Waals surface area contributed by atoms with E-state index in [-0.39, 0.29) is 18.4 Å². The number of hydrogen-bond acceptors (Lipinski definition) is 3. The van der Waals surface area contributed by atoms with Gasteiger partial charge in [-0.25, -0.2) is 4.79 Å². The zero-order chi connectivity index (χ0) is 13.5. The van der Waals surface area contributed by atoms with Crippen LogP contribution < -0.4 is 5.73 Å². The summed E-state index contributed by atoms with van der Waals surface area (Å²) in [5.41, 5.74) is 5.49. The number of likely N-dealkylation sites (tertiary alicyclic amines) is 1. The molecule has 0 aliphatic carbocycles. The first-order chi connectivity index (χ1) is 8.58. The second kappa shape index (κ2) is 7.08. The van der Waals surface area contributed by atoms with Crippen molar-refractivity contribution < 1.29 is 10.0 Å². The predicted octanol–water partition coefficient (Wildman–Crippen LogP) is 1.30. The van der Waals surface area contributed by atoms with Gasteiger partial charge in [0.15, 0.2) is 5.84 Å². The van der Waals surface area contributed by atoms with E-state index in [9.17, 15) is 4.79 Å². The van der Waals surface area contributed by atoms with Crippen molar-refractivity contribution in [3.05, 3.63) is 0 Å². The monoisotopic (exact) mass is 256 g/mol. The number of nitrogens with two attached hydrogens (primary N) is 1. The van der Waals surface area contributed by atoms with Crippen LogP contribution in [0.1, 0.15) is 33.1 Å². The lowest BCUT2D eigenvalue weighted by Crippen LogP contribution is -2.49. The Balaban J connectivity index is 2.63. The van der Waals surface area contributed by atoms with Gasteiger partial charge in [0.1, 0.15) is 0 Å². The number of nitrogens with zero attached hydrogens (tertiary/aromatic N) is 3. The summed E-state index contributed by atoms with van der Waals surface area (Å²) >= 11 is 0. The minimum absolute atomic E-state index is 0.00463. The molecule has 1 aliphatic rings. The number of hydrogen-bond donors (Lipinski definition) is 2. The Morgan fingerprint density at radius 3 is 2.89 bits per heavy atom. The number of carbonyl (C=O) groups excluding carboxylic acids is 1. The molecule has 104 valence electrons. The van der Waals surface area contributed by atoms with Crippen molar-refractivity contribution in [3.63, 3.8) is 0 Å².